The molecule has 0 bridgehead atoms. The van der Waals surface area contributed by atoms with Gasteiger partial charge in [-0.05, 0) is 5.56 Å². The number of aliphatic hydroxyl groups excluding tert-OH is 1. The molecular formula is C13H14N2O. The van der Waals surface area contributed by atoms with Crippen molar-refractivity contribution in [1.29, 1.82) is 0 Å². The topological polar surface area (TPSA) is 46.0 Å². The van der Waals surface area contributed by atoms with Crippen LogP contribution in [0.25, 0.3) is 0 Å². The Hall–Kier alpha value is -1.74. The minimum absolute atomic E-state index is 0.0119. The monoisotopic (exact) mass is 214 g/mol. The van der Waals surface area contributed by atoms with Crippen LogP contribution in [0.2, 0.25) is 0 Å². The van der Waals surface area contributed by atoms with Crippen LogP contribution in [-0.4, -0.2) is 15.1 Å². The van der Waals surface area contributed by atoms with Gasteiger partial charge in [0.25, 0.3) is 0 Å². The predicted octanol–water partition coefficient (Wildman–Crippen LogP) is 2.31. The summed E-state index contributed by atoms with van der Waals surface area (Å²) in [6.07, 6.45) is 4.18. The first-order valence-electron chi connectivity index (χ1n) is 5.28. The lowest BCUT2D eigenvalue weighted by molar-refractivity contribution is 0.146. The van der Waals surface area contributed by atoms with Gasteiger partial charge in [0.15, 0.2) is 0 Å². The van der Waals surface area contributed by atoms with E-state index in [-0.39, 0.29) is 5.92 Å². The third-order valence-corrected chi connectivity index (χ3v) is 2.69. The van der Waals surface area contributed by atoms with Gasteiger partial charge >= 0.3 is 0 Å². The van der Waals surface area contributed by atoms with Crippen LogP contribution in [0, 0.1) is 0 Å². The molecule has 3 nitrogen and oxygen atoms in total. The number of aromatic nitrogens is 2. The quantitative estimate of drug-likeness (QED) is 0.852. The highest BCUT2D eigenvalue weighted by Crippen LogP contribution is 2.28. The molecular weight excluding hydrogens is 200 g/mol. The Morgan fingerprint density at radius 3 is 2.50 bits per heavy atom. The second-order valence-electron chi connectivity index (χ2n) is 3.77. The van der Waals surface area contributed by atoms with Gasteiger partial charge in [-0.2, -0.15) is 0 Å². The van der Waals surface area contributed by atoms with Gasteiger partial charge in [0.1, 0.15) is 6.10 Å². The number of aliphatic hydroxyl groups is 1. The first-order chi connectivity index (χ1) is 7.79. The van der Waals surface area contributed by atoms with Gasteiger partial charge in [-0.1, -0.05) is 37.3 Å². The molecule has 1 heterocycles. The summed E-state index contributed by atoms with van der Waals surface area (Å²) in [7, 11) is 0. The number of benzene rings is 1. The molecule has 3 heteroatoms. The highest BCUT2D eigenvalue weighted by atomic mass is 16.3. The average Bonchev–Trinajstić information content (AvgIpc) is 2.39. The maximum atomic E-state index is 10.1. The zero-order valence-electron chi connectivity index (χ0n) is 9.12. The summed E-state index contributed by atoms with van der Waals surface area (Å²) in [5.41, 5.74) is 1.71. The number of hydrogen-bond donors (Lipinski definition) is 1. The molecule has 1 N–H and O–H groups in total. The molecule has 1 aromatic carbocycles. The summed E-state index contributed by atoms with van der Waals surface area (Å²) in [4.78, 5) is 8.07. The fourth-order valence-electron chi connectivity index (χ4n) is 1.66. The van der Waals surface area contributed by atoms with Gasteiger partial charge in [-0.15, -0.1) is 0 Å². The molecule has 0 aliphatic heterocycles. The fraction of sp³-hybridized carbons (Fsp3) is 0.231. The minimum Gasteiger partial charge on any atom is -0.386 e. The molecule has 1 aromatic heterocycles. The Morgan fingerprint density at radius 1 is 1.12 bits per heavy atom. The Morgan fingerprint density at radius 2 is 1.88 bits per heavy atom. The van der Waals surface area contributed by atoms with E-state index in [0.717, 1.165) is 5.56 Å². The molecule has 0 aliphatic rings. The van der Waals surface area contributed by atoms with Crippen LogP contribution in [0.4, 0.5) is 0 Å². The normalized spacial score (nSPS) is 14.4. The van der Waals surface area contributed by atoms with E-state index in [2.05, 4.69) is 9.97 Å². The van der Waals surface area contributed by atoms with Crippen molar-refractivity contribution in [3.8, 4) is 0 Å². The number of rotatable bonds is 3. The smallest absolute Gasteiger partial charge is 0.104 e. The van der Waals surface area contributed by atoms with Crippen molar-refractivity contribution in [2.75, 3.05) is 0 Å². The molecule has 2 aromatic rings. The molecule has 2 rings (SSSR count). The standard InChI is InChI=1S/C13H14N2O/c1-10(11-5-3-2-4-6-11)13(16)12-9-14-7-8-15-12/h2-10,13,16H,1H3. The summed E-state index contributed by atoms with van der Waals surface area (Å²) >= 11 is 0. The molecule has 0 radical (unpaired) electrons. The summed E-state index contributed by atoms with van der Waals surface area (Å²) in [6, 6.07) is 9.91. The van der Waals surface area contributed by atoms with Gasteiger partial charge in [0, 0.05) is 18.3 Å². The summed E-state index contributed by atoms with van der Waals surface area (Å²) < 4.78 is 0. The third-order valence-electron chi connectivity index (χ3n) is 2.69. The Labute approximate surface area is 94.8 Å². The van der Waals surface area contributed by atoms with Crippen LogP contribution in [0.15, 0.2) is 48.9 Å². The number of hydrogen-bond acceptors (Lipinski definition) is 3. The average molecular weight is 214 g/mol. The van der Waals surface area contributed by atoms with E-state index in [1.165, 1.54) is 0 Å². The van der Waals surface area contributed by atoms with Gasteiger partial charge in [0.2, 0.25) is 0 Å². The van der Waals surface area contributed by atoms with Crippen LogP contribution in [0.1, 0.15) is 30.2 Å². The molecule has 16 heavy (non-hydrogen) atoms. The molecule has 2 atom stereocenters. The van der Waals surface area contributed by atoms with Crippen molar-refractivity contribution < 1.29 is 5.11 Å². The highest BCUT2D eigenvalue weighted by molar-refractivity contribution is 5.22. The van der Waals surface area contributed by atoms with Crippen LogP contribution in [0.3, 0.4) is 0 Å². The molecule has 0 fully saturated rings. The van der Waals surface area contributed by atoms with Crippen molar-refractivity contribution in [3.05, 3.63) is 60.2 Å². The zero-order chi connectivity index (χ0) is 11.4. The van der Waals surface area contributed by atoms with E-state index in [4.69, 9.17) is 0 Å². The van der Waals surface area contributed by atoms with Crippen molar-refractivity contribution in [1.82, 2.24) is 9.97 Å². The molecule has 82 valence electrons. The van der Waals surface area contributed by atoms with Gasteiger partial charge in [-0.25, -0.2) is 0 Å². The van der Waals surface area contributed by atoms with Crippen molar-refractivity contribution in [2.24, 2.45) is 0 Å². The lowest BCUT2D eigenvalue weighted by Gasteiger charge is -2.18. The zero-order valence-corrected chi connectivity index (χ0v) is 9.12. The lowest BCUT2D eigenvalue weighted by Crippen LogP contribution is -2.09. The summed E-state index contributed by atoms with van der Waals surface area (Å²) in [5, 5.41) is 10.1. The van der Waals surface area contributed by atoms with E-state index in [9.17, 15) is 5.11 Å². The molecule has 0 amide bonds. The maximum Gasteiger partial charge on any atom is 0.104 e. The van der Waals surface area contributed by atoms with E-state index in [1.807, 2.05) is 37.3 Å². The minimum atomic E-state index is -0.615. The van der Waals surface area contributed by atoms with Crippen LogP contribution >= 0.6 is 0 Å². The highest BCUT2D eigenvalue weighted by Gasteiger charge is 2.18. The summed E-state index contributed by atoms with van der Waals surface area (Å²) in [5.74, 6) is 0.0119. The summed E-state index contributed by atoms with van der Waals surface area (Å²) in [6.45, 7) is 1.98. The SMILES string of the molecule is CC(c1ccccc1)C(O)c1cnccn1. The first kappa shape index (κ1) is 10.8. The van der Waals surface area contributed by atoms with Gasteiger partial charge in [-0.3, -0.25) is 9.97 Å². The van der Waals surface area contributed by atoms with Gasteiger partial charge in [0.05, 0.1) is 11.9 Å². The molecule has 2 unspecified atom stereocenters. The third kappa shape index (κ3) is 2.25. The van der Waals surface area contributed by atoms with E-state index >= 15 is 0 Å². The predicted molar refractivity (Wildman–Crippen MR) is 61.8 cm³/mol. The molecule has 0 saturated heterocycles. The largest absolute Gasteiger partial charge is 0.386 e. The second kappa shape index (κ2) is 4.86. The molecule has 0 aliphatic carbocycles. The fourth-order valence-corrected chi connectivity index (χ4v) is 1.66. The van der Waals surface area contributed by atoms with E-state index < -0.39 is 6.10 Å². The maximum absolute atomic E-state index is 10.1. The van der Waals surface area contributed by atoms with E-state index in [0.29, 0.717) is 5.69 Å². The van der Waals surface area contributed by atoms with Crippen LogP contribution in [-0.2, 0) is 0 Å². The van der Waals surface area contributed by atoms with E-state index in [1.54, 1.807) is 18.6 Å². The Balaban J connectivity index is 2.20. The first-order valence-corrected chi connectivity index (χ1v) is 5.28. The van der Waals surface area contributed by atoms with Crippen molar-refractivity contribution >= 4 is 0 Å². The van der Waals surface area contributed by atoms with Crippen LogP contribution in [0.5, 0.6) is 0 Å². The van der Waals surface area contributed by atoms with Gasteiger partial charge < -0.3 is 5.11 Å². The molecule has 0 saturated carbocycles. The number of nitrogens with zero attached hydrogens (tertiary/aromatic N) is 2. The molecule has 0 spiro atoms. The Bertz CT molecular complexity index is 387. The lowest BCUT2D eigenvalue weighted by atomic mass is 9.94. The Kier molecular flexibility index (Phi) is 3.27. The van der Waals surface area contributed by atoms with Crippen molar-refractivity contribution in [3.63, 3.8) is 0 Å². The van der Waals surface area contributed by atoms with Crippen LogP contribution < -0.4 is 0 Å². The second-order valence-corrected chi connectivity index (χ2v) is 3.77. The van der Waals surface area contributed by atoms with Crippen molar-refractivity contribution in [2.45, 2.75) is 18.9 Å².